The fraction of sp³-hybridized carbons (Fsp3) is 0.300. The Morgan fingerprint density at radius 3 is 2.84 bits per heavy atom. The average Bonchev–Trinajstić information content (AvgIpc) is 3.39. The van der Waals surface area contributed by atoms with Crippen molar-refractivity contribution in [2.24, 2.45) is 0 Å². The number of fused-ring (bicyclic) bond motifs is 1. The van der Waals surface area contributed by atoms with Crippen LogP contribution in [0.5, 0.6) is 5.75 Å². The van der Waals surface area contributed by atoms with Crippen LogP contribution in [0.4, 0.5) is 0 Å². The second kappa shape index (κ2) is 6.24. The van der Waals surface area contributed by atoms with Gasteiger partial charge in [-0.2, -0.15) is 0 Å². The lowest BCUT2D eigenvalue weighted by atomic mass is 10.1. The van der Waals surface area contributed by atoms with Gasteiger partial charge in [0.15, 0.2) is 0 Å². The molecule has 1 aliphatic rings. The van der Waals surface area contributed by atoms with Gasteiger partial charge in [-0.3, -0.25) is 4.79 Å². The minimum atomic E-state index is 0.0579. The number of methoxy groups -OCH3 is 1. The van der Waals surface area contributed by atoms with Crippen molar-refractivity contribution in [3.8, 4) is 5.75 Å². The number of aromatic nitrogens is 2. The third-order valence-electron chi connectivity index (χ3n) is 4.63. The number of amides is 1. The van der Waals surface area contributed by atoms with Crippen molar-refractivity contribution in [1.29, 1.82) is 0 Å². The number of ether oxygens (including phenoxy) is 1. The third-order valence-corrected chi connectivity index (χ3v) is 4.63. The van der Waals surface area contributed by atoms with Crippen LogP contribution in [0.15, 0.2) is 42.5 Å². The van der Waals surface area contributed by atoms with Crippen LogP contribution in [-0.4, -0.2) is 33.9 Å². The minimum absolute atomic E-state index is 0.0579. The normalized spacial score (nSPS) is 13.8. The summed E-state index contributed by atoms with van der Waals surface area (Å²) in [6.07, 6.45) is 2.12. The molecule has 5 heteroatoms. The molecule has 0 radical (unpaired) electrons. The van der Waals surface area contributed by atoms with Crippen LogP contribution in [0.25, 0.3) is 11.0 Å². The first kappa shape index (κ1) is 15.7. The number of hydrogen-bond acceptors (Lipinski definition) is 3. The van der Waals surface area contributed by atoms with E-state index in [1.54, 1.807) is 7.11 Å². The van der Waals surface area contributed by atoms with Crippen LogP contribution in [-0.2, 0) is 6.54 Å². The summed E-state index contributed by atoms with van der Waals surface area (Å²) >= 11 is 0. The van der Waals surface area contributed by atoms with Gasteiger partial charge in [-0.05, 0) is 44.0 Å². The second-order valence-corrected chi connectivity index (χ2v) is 6.53. The molecule has 1 heterocycles. The van der Waals surface area contributed by atoms with Crippen molar-refractivity contribution in [2.75, 3.05) is 7.11 Å². The zero-order valence-electron chi connectivity index (χ0n) is 14.5. The molecule has 0 spiro atoms. The zero-order chi connectivity index (χ0) is 17.4. The Bertz CT molecular complexity index is 928. The van der Waals surface area contributed by atoms with E-state index in [0.29, 0.717) is 18.2 Å². The number of nitrogens with zero attached hydrogens (tertiary/aromatic N) is 2. The Kier molecular flexibility index (Phi) is 3.92. The summed E-state index contributed by atoms with van der Waals surface area (Å²) in [6, 6.07) is 13.9. The average molecular weight is 335 g/mol. The molecule has 25 heavy (non-hydrogen) atoms. The molecule has 0 atom stereocenters. The van der Waals surface area contributed by atoms with Crippen LogP contribution in [0.2, 0.25) is 0 Å². The number of imidazole rings is 1. The van der Waals surface area contributed by atoms with E-state index in [4.69, 9.17) is 4.74 Å². The molecule has 128 valence electrons. The quantitative estimate of drug-likeness (QED) is 0.774. The predicted octanol–water partition coefficient (Wildman–Crippen LogP) is 3.68. The molecule has 0 unspecified atom stereocenters. The van der Waals surface area contributed by atoms with E-state index in [1.807, 2.05) is 54.3 Å². The molecule has 5 nitrogen and oxygen atoms in total. The molecule has 4 rings (SSSR count). The lowest BCUT2D eigenvalue weighted by molar-refractivity contribution is 0.0729. The summed E-state index contributed by atoms with van der Waals surface area (Å²) in [5.41, 5.74) is 3.51. The summed E-state index contributed by atoms with van der Waals surface area (Å²) < 4.78 is 5.44. The number of para-hydroxylation sites is 1. The SMILES string of the molecule is COc1ccccc1CN(C(=O)c1ccc2nc(C)[nH]c2c1)C1CC1. The van der Waals surface area contributed by atoms with Crippen molar-refractivity contribution >= 4 is 16.9 Å². The standard InChI is InChI=1S/C20H21N3O2/c1-13-21-17-10-7-14(11-18(17)22-13)20(24)23(16-8-9-16)12-15-5-3-4-6-19(15)25-2/h3-7,10-11,16H,8-9,12H2,1-2H3,(H,21,22). The van der Waals surface area contributed by atoms with Crippen LogP contribution in [0.3, 0.4) is 0 Å². The summed E-state index contributed by atoms with van der Waals surface area (Å²) in [5.74, 6) is 1.73. The maximum atomic E-state index is 13.1. The number of benzene rings is 2. The Hall–Kier alpha value is -2.82. The van der Waals surface area contributed by atoms with Gasteiger partial charge in [-0.15, -0.1) is 0 Å². The minimum Gasteiger partial charge on any atom is -0.496 e. The number of carbonyl (C=O) groups excluding carboxylic acids is 1. The van der Waals surface area contributed by atoms with E-state index in [-0.39, 0.29) is 5.91 Å². The summed E-state index contributed by atoms with van der Waals surface area (Å²) in [7, 11) is 1.66. The number of aromatic amines is 1. The smallest absolute Gasteiger partial charge is 0.254 e. The van der Waals surface area contributed by atoms with E-state index in [0.717, 1.165) is 41.0 Å². The molecule has 1 aromatic heterocycles. The topological polar surface area (TPSA) is 58.2 Å². The Balaban J connectivity index is 1.64. The van der Waals surface area contributed by atoms with Gasteiger partial charge >= 0.3 is 0 Å². The van der Waals surface area contributed by atoms with Crippen molar-refractivity contribution in [2.45, 2.75) is 32.4 Å². The lowest BCUT2D eigenvalue weighted by Gasteiger charge is -2.23. The molecule has 2 aromatic carbocycles. The van der Waals surface area contributed by atoms with Gasteiger partial charge in [-0.1, -0.05) is 18.2 Å². The summed E-state index contributed by atoms with van der Waals surface area (Å²) in [4.78, 5) is 22.7. The lowest BCUT2D eigenvalue weighted by Crippen LogP contribution is -2.32. The van der Waals surface area contributed by atoms with Crippen molar-refractivity contribution in [3.05, 3.63) is 59.4 Å². The number of aryl methyl sites for hydroxylation is 1. The molecule has 0 bridgehead atoms. The van der Waals surface area contributed by atoms with Gasteiger partial charge in [0.05, 0.1) is 18.1 Å². The third kappa shape index (κ3) is 3.09. The number of nitrogens with one attached hydrogen (secondary N) is 1. The molecule has 0 saturated heterocycles. The summed E-state index contributed by atoms with van der Waals surface area (Å²) in [6.45, 7) is 2.48. The predicted molar refractivity (Wildman–Crippen MR) is 96.7 cm³/mol. The maximum absolute atomic E-state index is 13.1. The van der Waals surface area contributed by atoms with Crippen molar-refractivity contribution in [1.82, 2.24) is 14.9 Å². The molecule has 0 aliphatic heterocycles. The van der Waals surface area contributed by atoms with Crippen LogP contribution < -0.4 is 4.74 Å². The first-order valence-corrected chi connectivity index (χ1v) is 8.55. The van der Waals surface area contributed by atoms with Gasteiger partial charge in [0.1, 0.15) is 11.6 Å². The highest BCUT2D eigenvalue weighted by Crippen LogP contribution is 2.32. The molecule has 3 aromatic rings. The Morgan fingerprint density at radius 2 is 2.08 bits per heavy atom. The first-order chi connectivity index (χ1) is 12.2. The number of carbonyl (C=O) groups is 1. The van der Waals surface area contributed by atoms with Crippen LogP contribution >= 0.6 is 0 Å². The van der Waals surface area contributed by atoms with Gasteiger partial charge in [0.2, 0.25) is 0 Å². The molecular formula is C20H21N3O2. The van der Waals surface area contributed by atoms with Gasteiger partial charge < -0.3 is 14.6 Å². The maximum Gasteiger partial charge on any atom is 0.254 e. The number of rotatable bonds is 5. The molecule has 1 aliphatic carbocycles. The molecule has 1 N–H and O–H groups in total. The van der Waals surface area contributed by atoms with E-state index < -0.39 is 0 Å². The largest absolute Gasteiger partial charge is 0.496 e. The fourth-order valence-electron chi connectivity index (χ4n) is 3.21. The van der Waals surface area contributed by atoms with E-state index in [2.05, 4.69) is 9.97 Å². The van der Waals surface area contributed by atoms with Crippen molar-refractivity contribution < 1.29 is 9.53 Å². The van der Waals surface area contributed by atoms with E-state index >= 15 is 0 Å². The first-order valence-electron chi connectivity index (χ1n) is 8.55. The number of H-pyrrole nitrogens is 1. The van der Waals surface area contributed by atoms with E-state index in [1.165, 1.54) is 0 Å². The Morgan fingerprint density at radius 1 is 1.28 bits per heavy atom. The van der Waals surface area contributed by atoms with Gasteiger partial charge in [-0.25, -0.2) is 4.98 Å². The highest BCUT2D eigenvalue weighted by atomic mass is 16.5. The Labute approximate surface area is 146 Å². The highest BCUT2D eigenvalue weighted by Gasteiger charge is 2.33. The fourth-order valence-corrected chi connectivity index (χ4v) is 3.21. The van der Waals surface area contributed by atoms with Crippen LogP contribution in [0, 0.1) is 6.92 Å². The molecule has 1 amide bonds. The molecular weight excluding hydrogens is 314 g/mol. The van der Waals surface area contributed by atoms with Crippen LogP contribution in [0.1, 0.15) is 34.6 Å². The monoisotopic (exact) mass is 335 g/mol. The highest BCUT2D eigenvalue weighted by molar-refractivity contribution is 5.97. The molecule has 1 saturated carbocycles. The van der Waals surface area contributed by atoms with Gasteiger partial charge in [0.25, 0.3) is 5.91 Å². The molecule has 1 fully saturated rings. The van der Waals surface area contributed by atoms with E-state index in [9.17, 15) is 4.79 Å². The number of hydrogen-bond donors (Lipinski definition) is 1. The zero-order valence-corrected chi connectivity index (χ0v) is 14.5. The summed E-state index contributed by atoms with van der Waals surface area (Å²) in [5, 5.41) is 0. The second-order valence-electron chi connectivity index (χ2n) is 6.53. The van der Waals surface area contributed by atoms with Gasteiger partial charge in [0, 0.05) is 23.7 Å². The van der Waals surface area contributed by atoms with Crippen molar-refractivity contribution in [3.63, 3.8) is 0 Å².